The predicted octanol–water partition coefficient (Wildman–Crippen LogP) is 4.14. The largest absolute Gasteiger partial charge is 0.378 e. The molecule has 1 aliphatic heterocycles. The Kier molecular flexibility index (Phi) is 5.66. The Morgan fingerprint density at radius 2 is 1.87 bits per heavy atom. The monoisotopic (exact) mass is 330 g/mol. The molecule has 0 aliphatic carbocycles. The lowest BCUT2D eigenvalue weighted by Gasteiger charge is -2.19. The summed E-state index contributed by atoms with van der Waals surface area (Å²) in [6.45, 7) is 3.86. The van der Waals surface area contributed by atoms with Crippen LogP contribution in [0.2, 0.25) is 0 Å². The molecule has 1 fully saturated rings. The highest BCUT2D eigenvalue weighted by molar-refractivity contribution is 8.18. The van der Waals surface area contributed by atoms with E-state index in [-0.39, 0.29) is 17.2 Å². The number of amides is 2. The number of hydrogen-bond donors (Lipinski definition) is 0. The van der Waals surface area contributed by atoms with Gasteiger partial charge in [0.25, 0.3) is 11.1 Å². The summed E-state index contributed by atoms with van der Waals surface area (Å²) in [5.41, 5.74) is 2.19. The van der Waals surface area contributed by atoms with Gasteiger partial charge >= 0.3 is 0 Å². The number of thioether (sulfide) groups is 1. The summed E-state index contributed by atoms with van der Waals surface area (Å²) in [5, 5.41) is -0.181. The summed E-state index contributed by atoms with van der Waals surface area (Å²) in [6.07, 6.45) is 6.22. The Morgan fingerprint density at radius 1 is 1.22 bits per heavy atom. The number of allylic oxidation sites excluding steroid dienone is 2. The zero-order chi connectivity index (χ0) is 17.0. The van der Waals surface area contributed by atoms with E-state index in [1.165, 1.54) is 4.90 Å². The van der Waals surface area contributed by atoms with E-state index in [1.54, 1.807) is 6.08 Å². The molecule has 1 aromatic rings. The Morgan fingerprint density at radius 3 is 2.43 bits per heavy atom. The SMILES string of the molecule is CC[C@@H](C)N1C(=O)S/C(=C/C=C/c2ccc(N(C)C)cc2)C1=O. The normalized spacial score (nSPS) is 18.3. The summed E-state index contributed by atoms with van der Waals surface area (Å²) in [7, 11) is 4.00. The quantitative estimate of drug-likeness (QED) is 0.761. The first-order valence-corrected chi connectivity index (χ1v) is 8.46. The van der Waals surface area contributed by atoms with Crippen LogP contribution >= 0.6 is 11.8 Å². The van der Waals surface area contributed by atoms with E-state index in [4.69, 9.17) is 0 Å². The molecule has 5 heteroatoms. The van der Waals surface area contributed by atoms with E-state index in [0.717, 1.165) is 29.4 Å². The average Bonchev–Trinajstić information content (AvgIpc) is 2.81. The van der Waals surface area contributed by atoms with Gasteiger partial charge in [0.05, 0.1) is 4.91 Å². The lowest BCUT2D eigenvalue weighted by Crippen LogP contribution is -2.36. The van der Waals surface area contributed by atoms with E-state index in [2.05, 4.69) is 0 Å². The van der Waals surface area contributed by atoms with Crippen LogP contribution in [-0.2, 0) is 4.79 Å². The van der Waals surface area contributed by atoms with Crippen molar-refractivity contribution in [1.29, 1.82) is 0 Å². The molecule has 0 unspecified atom stereocenters. The van der Waals surface area contributed by atoms with Crippen LogP contribution in [0.3, 0.4) is 0 Å². The molecule has 1 saturated heterocycles. The third kappa shape index (κ3) is 4.05. The first-order chi connectivity index (χ1) is 10.9. The summed E-state index contributed by atoms with van der Waals surface area (Å²) >= 11 is 1.01. The highest BCUT2D eigenvalue weighted by Gasteiger charge is 2.37. The van der Waals surface area contributed by atoms with Crippen molar-refractivity contribution in [2.45, 2.75) is 26.3 Å². The molecule has 1 atom stereocenters. The lowest BCUT2D eigenvalue weighted by atomic mass is 10.2. The second kappa shape index (κ2) is 7.51. The number of carbonyl (C=O) groups excluding carboxylic acids is 2. The Hall–Kier alpha value is -2.01. The number of imide groups is 1. The minimum atomic E-state index is -0.193. The van der Waals surface area contributed by atoms with Gasteiger partial charge in [0.15, 0.2) is 0 Å². The highest BCUT2D eigenvalue weighted by atomic mass is 32.2. The topological polar surface area (TPSA) is 40.6 Å². The molecule has 122 valence electrons. The van der Waals surface area contributed by atoms with Crippen molar-refractivity contribution in [3.05, 3.63) is 46.9 Å². The Labute approximate surface area is 141 Å². The van der Waals surface area contributed by atoms with Gasteiger partial charge in [-0.3, -0.25) is 14.5 Å². The van der Waals surface area contributed by atoms with Crippen molar-refractivity contribution in [3.8, 4) is 0 Å². The molecule has 4 nitrogen and oxygen atoms in total. The van der Waals surface area contributed by atoms with Crippen molar-refractivity contribution in [2.24, 2.45) is 0 Å². The standard InChI is InChI=1S/C18H22N2O2S/c1-5-13(2)20-17(21)16(23-18(20)22)8-6-7-14-9-11-15(12-10-14)19(3)4/h6-13H,5H2,1-4H3/b7-6+,16-8+/t13-/m1/s1. The number of rotatable bonds is 5. The van der Waals surface area contributed by atoms with E-state index in [0.29, 0.717) is 4.91 Å². The van der Waals surface area contributed by atoms with Crippen molar-refractivity contribution in [3.63, 3.8) is 0 Å². The van der Waals surface area contributed by atoms with Gasteiger partial charge in [-0.1, -0.05) is 31.2 Å². The van der Waals surface area contributed by atoms with Crippen LogP contribution in [0.25, 0.3) is 6.08 Å². The summed E-state index contributed by atoms with van der Waals surface area (Å²) in [6, 6.07) is 8.05. The van der Waals surface area contributed by atoms with Gasteiger partial charge in [-0.15, -0.1) is 0 Å². The molecule has 23 heavy (non-hydrogen) atoms. The minimum absolute atomic E-state index is 0.0593. The maximum absolute atomic E-state index is 12.3. The fourth-order valence-corrected chi connectivity index (χ4v) is 3.07. The highest BCUT2D eigenvalue weighted by Crippen LogP contribution is 2.32. The molecule has 2 amide bonds. The molecule has 0 aromatic heterocycles. The zero-order valence-electron chi connectivity index (χ0n) is 13.9. The van der Waals surface area contributed by atoms with Crippen LogP contribution in [0.1, 0.15) is 25.8 Å². The van der Waals surface area contributed by atoms with Crippen molar-refractivity contribution >= 4 is 34.7 Å². The van der Waals surface area contributed by atoms with Crippen LogP contribution in [0.5, 0.6) is 0 Å². The minimum Gasteiger partial charge on any atom is -0.378 e. The molecular formula is C18H22N2O2S. The van der Waals surface area contributed by atoms with Gasteiger partial charge in [0.1, 0.15) is 0 Å². The van der Waals surface area contributed by atoms with Crippen molar-refractivity contribution in [1.82, 2.24) is 4.90 Å². The molecule has 0 saturated carbocycles. The molecule has 1 aromatic carbocycles. The summed E-state index contributed by atoms with van der Waals surface area (Å²) in [5.74, 6) is -0.193. The van der Waals surface area contributed by atoms with Gasteiger partial charge in [-0.25, -0.2) is 0 Å². The molecule has 0 N–H and O–H groups in total. The number of anilines is 1. The third-order valence-corrected chi connectivity index (χ3v) is 4.70. The second-order valence-corrected chi connectivity index (χ2v) is 6.67. The van der Waals surface area contributed by atoms with E-state index in [9.17, 15) is 9.59 Å². The first kappa shape index (κ1) is 17.3. The molecule has 0 bridgehead atoms. The molecule has 1 heterocycles. The van der Waals surface area contributed by atoms with Gasteiger partial charge < -0.3 is 4.90 Å². The number of carbonyl (C=O) groups is 2. The van der Waals surface area contributed by atoms with Gasteiger partial charge in [0.2, 0.25) is 0 Å². The maximum Gasteiger partial charge on any atom is 0.293 e. The fraction of sp³-hybridized carbons (Fsp3) is 0.333. The third-order valence-electron chi connectivity index (χ3n) is 3.80. The van der Waals surface area contributed by atoms with E-state index >= 15 is 0 Å². The summed E-state index contributed by atoms with van der Waals surface area (Å²) in [4.78, 5) is 28.0. The molecule has 1 aliphatic rings. The predicted molar refractivity (Wildman–Crippen MR) is 97.5 cm³/mol. The van der Waals surface area contributed by atoms with Crippen LogP contribution in [0.15, 0.2) is 41.3 Å². The van der Waals surface area contributed by atoms with E-state index in [1.807, 2.05) is 69.3 Å². The van der Waals surface area contributed by atoms with Crippen LogP contribution in [-0.4, -0.2) is 36.2 Å². The summed E-state index contributed by atoms with van der Waals surface area (Å²) < 4.78 is 0. The van der Waals surface area contributed by atoms with Crippen LogP contribution in [0, 0.1) is 0 Å². The first-order valence-electron chi connectivity index (χ1n) is 7.65. The molecule has 2 rings (SSSR count). The smallest absolute Gasteiger partial charge is 0.293 e. The lowest BCUT2D eigenvalue weighted by molar-refractivity contribution is -0.124. The van der Waals surface area contributed by atoms with Crippen molar-refractivity contribution in [2.75, 3.05) is 19.0 Å². The van der Waals surface area contributed by atoms with Gasteiger partial charge in [0, 0.05) is 25.8 Å². The van der Waals surface area contributed by atoms with Crippen LogP contribution < -0.4 is 4.90 Å². The van der Waals surface area contributed by atoms with Gasteiger partial charge in [-0.2, -0.15) is 0 Å². The zero-order valence-corrected chi connectivity index (χ0v) is 14.8. The second-order valence-electron chi connectivity index (χ2n) is 5.68. The molecule has 0 spiro atoms. The Balaban J connectivity index is 2.08. The Bertz CT molecular complexity index is 647. The fourth-order valence-electron chi connectivity index (χ4n) is 2.19. The van der Waals surface area contributed by atoms with Crippen LogP contribution in [0.4, 0.5) is 10.5 Å². The number of benzene rings is 1. The molecule has 0 radical (unpaired) electrons. The van der Waals surface area contributed by atoms with Crippen molar-refractivity contribution < 1.29 is 9.59 Å². The number of hydrogen-bond acceptors (Lipinski definition) is 4. The molecular weight excluding hydrogens is 308 g/mol. The average molecular weight is 330 g/mol. The van der Waals surface area contributed by atoms with Gasteiger partial charge in [-0.05, 0) is 48.9 Å². The van der Waals surface area contributed by atoms with E-state index < -0.39 is 0 Å². The maximum atomic E-state index is 12.3. The number of nitrogens with zero attached hydrogens (tertiary/aromatic N) is 2.